The van der Waals surface area contributed by atoms with Gasteiger partial charge in [-0.25, -0.2) is 4.79 Å². The fraction of sp³-hybridized carbons (Fsp3) is 0.300. The van der Waals surface area contributed by atoms with Crippen LogP contribution in [0.3, 0.4) is 0 Å². The molecular formula is C10H12N2O3. The van der Waals surface area contributed by atoms with E-state index in [1.54, 1.807) is 6.08 Å². The van der Waals surface area contributed by atoms with Gasteiger partial charge in [0.2, 0.25) is 0 Å². The minimum Gasteiger partial charge on any atom is -0.263 e. The van der Waals surface area contributed by atoms with E-state index in [4.69, 9.17) is 0 Å². The zero-order valence-electron chi connectivity index (χ0n) is 8.31. The molecule has 80 valence electrons. The molecule has 1 fully saturated rings. The van der Waals surface area contributed by atoms with Crippen molar-refractivity contribution in [2.24, 2.45) is 0 Å². The van der Waals surface area contributed by atoms with Crippen molar-refractivity contribution in [3.05, 3.63) is 25.3 Å². The molecule has 0 aromatic rings. The van der Waals surface area contributed by atoms with Crippen molar-refractivity contribution in [1.82, 2.24) is 9.80 Å². The number of urea groups is 1. The Bertz CT molecular complexity index is 336. The minimum atomic E-state index is -0.788. The summed E-state index contributed by atoms with van der Waals surface area (Å²) in [5.41, 5.74) is 0. The summed E-state index contributed by atoms with van der Waals surface area (Å²) in [7, 11) is 0. The Kier molecular flexibility index (Phi) is 3.38. The summed E-state index contributed by atoms with van der Waals surface area (Å²) in [4.78, 5) is 36.0. The third kappa shape index (κ3) is 1.96. The van der Waals surface area contributed by atoms with Crippen LogP contribution < -0.4 is 0 Å². The van der Waals surface area contributed by atoms with Crippen LogP contribution in [0.5, 0.6) is 0 Å². The van der Waals surface area contributed by atoms with Crippen LogP contribution in [0.25, 0.3) is 0 Å². The van der Waals surface area contributed by atoms with Gasteiger partial charge in [-0.3, -0.25) is 19.4 Å². The summed E-state index contributed by atoms with van der Waals surface area (Å²) in [5, 5.41) is 0. The summed E-state index contributed by atoms with van der Waals surface area (Å²) in [6.45, 7) is 7.15. The summed E-state index contributed by atoms with van der Waals surface area (Å²) in [6, 6.07) is -0.577. The molecule has 0 saturated carbocycles. The van der Waals surface area contributed by atoms with Crippen molar-refractivity contribution in [3.8, 4) is 0 Å². The van der Waals surface area contributed by atoms with E-state index in [9.17, 15) is 14.4 Å². The first-order valence-corrected chi connectivity index (χ1v) is 4.52. The molecule has 0 aromatic carbocycles. The van der Waals surface area contributed by atoms with Gasteiger partial charge in [0.1, 0.15) is 0 Å². The second kappa shape index (κ2) is 4.54. The molecule has 1 rings (SSSR count). The maximum atomic E-state index is 11.6. The van der Waals surface area contributed by atoms with Gasteiger partial charge in [0.25, 0.3) is 0 Å². The molecule has 5 heteroatoms. The fourth-order valence-corrected chi connectivity index (χ4v) is 1.26. The van der Waals surface area contributed by atoms with E-state index in [2.05, 4.69) is 13.2 Å². The number of hydrogen-bond donors (Lipinski definition) is 0. The van der Waals surface area contributed by atoms with Gasteiger partial charge >= 0.3 is 17.8 Å². The van der Waals surface area contributed by atoms with Crippen LogP contribution in [0.4, 0.5) is 4.79 Å². The fourth-order valence-electron chi connectivity index (χ4n) is 1.26. The first-order valence-electron chi connectivity index (χ1n) is 4.52. The van der Waals surface area contributed by atoms with Crippen LogP contribution in [0.1, 0.15) is 6.42 Å². The molecule has 4 amide bonds. The van der Waals surface area contributed by atoms with Crippen LogP contribution in [-0.2, 0) is 9.59 Å². The Morgan fingerprint density at radius 2 is 1.60 bits per heavy atom. The lowest BCUT2D eigenvalue weighted by Gasteiger charge is -2.12. The largest absolute Gasteiger partial charge is 0.334 e. The van der Waals surface area contributed by atoms with E-state index in [1.807, 2.05) is 0 Å². The van der Waals surface area contributed by atoms with Crippen molar-refractivity contribution < 1.29 is 14.4 Å². The molecule has 0 N–H and O–H groups in total. The first-order chi connectivity index (χ1) is 7.13. The molecular weight excluding hydrogens is 196 g/mol. The molecule has 0 radical (unpaired) electrons. The zero-order valence-corrected chi connectivity index (χ0v) is 8.31. The van der Waals surface area contributed by atoms with Gasteiger partial charge in [-0.2, -0.15) is 0 Å². The second-order valence-corrected chi connectivity index (χ2v) is 3.02. The number of imide groups is 2. The molecule has 0 atom stereocenters. The number of carbonyl (C=O) groups excluding carboxylic acids is 3. The lowest BCUT2D eigenvalue weighted by atomic mass is 10.4. The first kappa shape index (κ1) is 11.2. The zero-order chi connectivity index (χ0) is 11.4. The molecule has 0 aliphatic carbocycles. The molecule has 1 aliphatic rings. The molecule has 15 heavy (non-hydrogen) atoms. The SMILES string of the molecule is C=CCCN1C(=O)C(=O)N(CC=C)C1=O. The van der Waals surface area contributed by atoms with Gasteiger partial charge in [0.15, 0.2) is 0 Å². The topological polar surface area (TPSA) is 57.7 Å². The van der Waals surface area contributed by atoms with E-state index in [0.29, 0.717) is 6.42 Å². The third-order valence-corrected chi connectivity index (χ3v) is 2.00. The van der Waals surface area contributed by atoms with Crippen LogP contribution in [0.2, 0.25) is 0 Å². The van der Waals surface area contributed by atoms with E-state index in [-0.39, 0.29) is 13.1 Å². The molecule has 1 heterocycles. The molecule has 1 aliphatic heterocycles. The quantitative estimate of drug-likeness (QED) is 0.376. The van der Waals surface area contributed by atoms with E-state index in [1.165, 1.54) is 6.08 Å². The maximum absolute atomic E-state index is 11.6. The predicted molar refractivity (Wildman–Crippen MR) is 53.8 cm³/mol. The van der Waals surface area contributed by atoms with Crippen LogP contribution in [-0.4, -0.2) is 40.7 Å². The highest BCUT2D eigenvalue weighted by atomic mass is 16.2. The summed E-state index contributed by atoms with van der Waals surface area (Å²) in [5.74, 6) is -1.56. The monoisotopic (exact) mass is 208 g/mol. The van der Waals surface area contributed by atoms with Crippen molar-refractivity contribution >= 4 is 17.8 Å². The number of nitrogens with zero attached hydrogens (tertiary/aromatic N) is 2. The molecule has 1 saturated heterocycles. The number of hydrogen-bond acceptors (Lipinski definition) is 3. The Labute approximate surface area is 87.6 Å². The van der Waals surface area contributed by atoms with Gasteiger partial charge in [-0.05, 0) is 6.42 Å². The van der Waals surface area contributed by atoms with Crippen molar-refractivity contribution in [2.75, 3.05) is 13.1 Å². The molecule has 0 bridgehead atoms. The number of rotatable bonds is 5. The van der Waals surface area contributed by atoms with Gasteiger partial charge in [0.05, 0.1) is 0 Å². The Balaban J connectivity index is 2.79. The lowest BCUT2D eigenvalue weighted by Crippen LogP contribution is -2.33. The highest BCUT2D eigenvalue weighted by Gasteiger charge is 2.43. The number of amides is 4. The third-order valence-electron chi connectivity index (χ3n) is 2.00. The van der Waals surface area contributed by atoms with Gasteiger partial charge in [-0.15, -0.1) is 13.2 Å². The molecule has 0 spiro atoms. The smallest absolute Gasteiger partial charge is 0.263 e. The normalized spacial score (nSPS) is 16.1. The standard InChI is InChI=1S/C10H12N2O3/c1-3-5-7-12-9(14)8(13)11(6-4-2)10(12)15/h3-4H,1-2,5-7H2. The molecule has 0 aromatic heterocycles. The van der Waals surface area contributed by atoms with E-state index >= 15 is 0 Å². The van der Waals surface area contributed by atoms with E-state index in [0.717, 1.165) is 9.80 Å². The van der Waals surface area contributed by atoms with Crippen LogP contribution in [0.15, 0.2) is 25.3 Å². The van der Waals surface area contributed by atoms with Gasteiger partial charge in [-0.1, -0.05) is 12.2 Å². The average molecular weight is 208 g/mol. The summed E-state index contributed by atoms with van der Waals surface area (Å²) in [6.07, 6.45) is 3.47. The van der Waals surface area contributed by atoms with Crippen molar-refractivity contribution in [2.45, 2.75) is 6.42 Å². The Morgan fingerprint density at radius 3 is 2.13 bits per heavy atom. The summed E-state index contributed by atoms with van der Waals surface area (Å²) < 4.78 is 0. The Hall–Kier alpha value is -1.91. The van der Waals surface area contributed by atoms with Gasteiger partial charge < -0.3 is 0 Å². The van der Waals surface area contributed by atoms with Crippen LogP contribution >= 0.6 is 0 Å². The second-order valence-electron chi connectivity index (χ2n) is 3.02. The van der Waals surface area contributed by atoms with Crippen molar-refractivity contribution in [1.29, 1.82) is 0 Å². The van der Waals surface area contributed by atoms with Gasteiger partial charge in [0, 0.05) is 13.1 Å². The highest BCUT2D eigenvalue weighted by Crippen LogP contribution is 2.12. The maximum Gasteiger partial charge on any atom is 0.334 e. The molecule has 0 unspecified atom stereocenters. The average Bonchev–Trinajstić information content (AvgIpc) is 2.42. The van der Waals surface area contributed by atoms with E-state index < -0.39 is 17.8 Å². The van der Waals surface area contributed by atoms with Crippen molar-refractivity contribution in [3.63, 3.8) is 0 Å². The summed E-state index contributed by atoms with van der Waals surface area (Å²) >= 11 is 0. The van der Waals surface area contributed by atoms with Crippen LogP contribution in [0, 0.1) is 0 Å². The highest BCUT2D eigenvalue weighted by molar-refractivity contribution is 6.44. The predicted octanol–water partition coefficient (Wildman–Crippen LogP) is 0.539. The number of carbonyl (C=O) groups is 3. The lowest BCUT2D eigenvalue weighted by molar-refractivity contribution is -0.143. The Morgan fingerprint density at radius 1 is 1.00 bits per heavy atom. The minimum absolute atomic E-state index is 0.0635. The molecule has 5 nitrogen and oxygen atoms in total.